The molecule has 0 atom stereocenters. The van der Waals surface area contributed by atoms with Gasteiger partial charge >= 0.3 is 0 Å². The zero-order chi connectivity index (χ0) is 15.2. The van der Waals surface area contributed by atoms with Crippen molar-refractivity contribution in [2.75, 3.05) is 19.5 Å². The predicted molar refractivity (Wildman–Crippen MR) is 85.2 cm³/mol. The average Bonchev–Trinajstić information content (AvgIpc) is 2.52. The molecule has 0 aliphatic heterocycles. The quantitative estimate of drug-likeness (QED) is 0.891. The summed E-state index contributed by atoms with van der Waals surface area (Å²) in [4.78, 5) is 12.3. The Morgan fingerprint density at radius 3 is 2.76 bits per heavy atom. The largest absolute Gasteiger partial charge is 0.497 e. The van der Waals surface area contributed by atoms with Gasteiger partial charge in [-0.3, -0.25) is 4.79 Å². The number of carbonyl (C=O) groups is 1. The van der Waals surface area contributed by atoms with E-state index in [1.807, 2.05) is 24.3 Å². The highest BCUT2D eigenvalue weighted by Gasteiger charge is 2.11. The molecule has 0 fully saturated rings. The van der Waals surface area contributed by atoms with Crippen LogP contribution >= 0.6 is 11.6 Å². The van der Waals surface area contributed by atoms with E-state index in [0.717, 1.165) is 17.0 Å². The third-order valence-corrected chi connectivity index (χ3v) is 3.32. The molecule has 0 spiro atoms. The van der Waals surface area contributed by atoms with Crippen LogP contribution in [-0.2, 0) is 6.54 Å². The lowest BCUT2D eigenvalue weighted by atomic mass is 10.1. The second kappa shape index (κ2) is 6.99. The van der Waals surface area contributed by atoms with Crippen LogP contribution in [0.25, 0.3) is 0 Å². The topological polar surface area (TPSA) is 50.4 Å². The summed E-state index contributed by atoms with van der Waals surface area (Å²) >= 11 is 5.95. The van der Waals surface area contributed by atoms with Gasteiger partial charge in [0.1, 0.15) is 5.75 Å². The van der Waals surface area contributed by atoms with Crippen LogP contribution in [0.4, 0.5) is 5.69 Å². The number of benzene rings is 2. The maximum Gasteiger partial charge on any atom is 0.253 e. The standard InChI is InChI=1S/C16H17ClN2O2/c1-18-15-7-6-12(17)9-14(15)16(20)19-10-11-4-3-5-13(8-11)21-2/h3-9,18H,10H2,1-2H3,(H,19,20). The Bertz CT molecular complexity index is 644. The minimum Gasteiger partial charge on any atom is -0.497 e. The molecule has 0 heterocycles. The summed E-state index contributed by atoms with van der Waals surface area (Å²) in [7, 11) is 3.38. The molecule has 0 saturated carbocycles. The molecule has 2 aromatic rings. The Labute approximate surface area is 129 Å². The highest BCUT2D eigenvalue weighted by Crippen LogP contribution is 2.20. The van der Waals surface area contributed by atoms with Crippen molar-refractivity contribution in [3.8, 4) is 5.75 Å². The van der Waals surface area contributed by atoms with Crippen molar-refractivity contribution in [2.24, 2.45) is 0 Å². The first-order chi connectivity index (χ1) is 10.1. The predicted octanol–water partition coefficient (Wildman–Crippen LogP) is 3.32. The fourth-order valence-corrected chi connectivity index (χ4v) is 2.15. The van der Waals surface area contributed by atoms with Crippen LogP contribution in [-0.4, -0.2) is 20.1 Å². The average molecular weight is 305 g/mol. The normalized spacial score (nSPS) is 10.0. The minimum atomic E-state index is -0.176. The van der Waals surface area contributed by atoms with Crippen LogP contribution in [0.3, 0.4) is 0 Å². The van der Waals surface area contributed by atoms with Gasteiger partial charge in [0.2, 0.25) is 0 Å². The molecule has 0 aliphatic rings. The summed E-state index contributed by atoms with van der Waals surface area (Å²) in [5.74, 6) is 0.588. The minimum absolute atomic E-state index is 0.176. The number of carbonyl (C=O) groups excluding carboxylic acids is 1. The van der Waals surface area contributed by atoms with Crippen LogP contribution in [0.1, 0.15) is 15.9 Å². The van der Waals surface area contributed by atoms with E-state index in [4.69, 9.17) is 16.3 Å². The summed E-state index contributed by atoms with van der Waals surface area (Å²) < 4.78 is 5.16. The highest BCUT2D eigenvalue weighted by molar-refractivity contribution is 6.31. The molecule has 110 valence electrons. The smallest absolute Gasteiger partial charge is 0.253 e. The Morgan fingerprint density at radius 1 is 1.24 bits per heavy atom. The second-order valence-corrected chi connectivity index (χ2v) is 4.91. The van der Waals surface area contributed by atoms with Gasteiger partial charge < -0.3 is 15.4 Å². The number of anilines is 1. The second-order valence-electron chi connectivity index (χ2n) is 4.47. The van der Waals surface area contributed by atoms with E-state index in [9.17, 15) is 4.79 Å². The lowest BCUT2D eigenvalue weighted by Crippen LogP contribution is -2.23. The first-order valence-electron chi connectivity index (χ1n) is 6.52. The summed E-state index contributed by atoms with van der Waals surface area (Å²) in [6.07, 6.45) is 0. The van der Waals surface area contributed by atoms with Gasteiger partial charge in [0, 0.05) is 24.3 Å². The molecule has 2 aromatic carbocycles. The number of methoxy groups -OCH3 is 1. The van der Waals surface area contributed by atoms with Gasteiger partial charge in [0.15, 0.2) is 0 Å². The van der Waals surface area contributed by atoms with E-state index in [1.54, 1.807) is 32.4 Å². The third kappa shape index (κ3) is 3.89. The van der Waals surface area contributed by atoms with Gasteiger partial charge in [-0.2, -0.15) is 0 Å². The summed E-state index contributed by atoms with van der Waals surface area (Å²) in [6.45, 7) is 0.422. The van der Waals surface area contributed by atoms with Crippen LogP contribution in [0.15, 0.2) is 42.5 Å². The van der Waals surface area contributed by atoms with Gasteiger partial charge in [-0.05, 0) is 35.9 Å². The van der Waals surface area contributed by atoms with E-state index in [0.29, 0.717) is 17.1 Å². The van der Waals surface area contributed by atoms with Crippen LogP contribution in [0.2, 0.25) is 5.02 Å². The first kappa shape index (κ1) is 15.2. The van der Waals surface area contributed by atoms with Gasteiger partial charge in [-0.15, -0.1) is 0 Å². The monoisotopic (exact) mass is 304 g/mol. The molecule has 5 heteroatoms. The molecule has 2 rings (SSSR count). The molecule has 21 heavy (non-hydrogen) atoms. The van der Waals surface area contributed by atoms with Gasteiger partial charge in [-0.25, -0.2) is 0 Å². The van der Waals surface area contributed by atoms with Crippen LogP contribution in [0, 0.1) is 0 Å². The summed E-state index contributed by atoms with van der Waals surface area (Å²) in [5.41, 5.74) is 2.23. The number of hydrogen-bond acceptors (Lipinski definition) is 3. The maximum atomic E-state index is 12.3. The van der Waals surface area contributed by atoms with E-state index in [1.165, 1.54) is 0 Å². The Morgan fingerprint density at radius 2 is 2.05 bits per heavy atom. The molecule has 0 radical (unpaired) electrons. The number of nitrogens with one attached hydrogen (secondary N) is 2. The van der Waals surface area contributed by atoms with Gasteiger partial charge in [-0.1, -0.05) is 23.7 Å². The van der Waals surface area contributed by atoms with Crippen molar-refractivity contribution >= 4 is 23.2 Å². The number of amides is 1. The third-order valence-electron chi connectivity index (χ3n) is 3.08. The molecule has 0 saturated heterocycles. The highest BCUT2D eigenvalue weighted by atomic mass is 35.5. The SMILES string of the molecule is CNc1ccc(Cl)cc1C(=O)NCc1cccc(OC)c1. The summed E-state index contributed by atoms with van der Waals surface area (Å²) in [5, 5.41) is 6.38. The van der Waals surface area contributed by atoms with Crippen LogP contribution in [0.5, 0.6) is 5.75 Å². The van der Waals surface area contributed by atoms with E-state index < -0.39 is 0 Å². The fraction of sp³-hybridized carbons (Fsp3) is 0.188. The Hall–Kier alpha value is -2.20. The van der Waals surface area contributed by atoms with Crippen molar-refractivity contribution in [3.05, 3.63) is 58.6 Å². The number of rotatable bonds is 5. The van der Waals surface area contributed by atoms with E-state index in [2.05, 4.69) is 10.6 Å². The molecule has 2 N–H and O–H groups in total. The van der Waals surface area contributed by atoms with E-state index in [-0.39, 0.29) is 5.91 Å². The lowest BCUT2D eigenvalue weighted by Gasteiger charge is -2.11. The molecule has 4 nitrogen and oxygen atoms in total. The number of halogens is 1. The zero-order valence-corrected chi connectivity index (χ0v) is 12.7. The van der Waals surface area contributed by atoms with Gasteiger partial charge in [0.05, 0.1) is 12.7 Å². The van der Waals surface area contributed by atoms with Gasteiger partial charge in [0.25, 0.3) is 5.91 Å². The number of ether oxygens (including phenoxy) is 1. The lowest BCUT2D eigenvalue weighted by molar-refractivity contribution is 0.0951. The van der Waals surface area contributed by atoms with Crippen molar-refractivity contribution in [2.45, 2.75) is 6.54 Å². The summed E-state index contributed by atoms with van der Waals surface area (Å²) in [6, 6.07) is 12.7. The molecule has 0 aromatic heterocycles. The number of hydrogen-bond donors (Lipinski definition) is 2. The maximum absolute atomic E-state index is 12.3. The van der Waals surface area contributed by atoms with E-state index >= 15 is 0 Å². The molecule has 0 unspecified atom stereocenters. The molecule has 0 aliphatic carbocycles. The first-order valence-corrected chi connectivity index (χ1v) is 6.90. The van der Waals surface area contributed by atoms with Crippen molar-refractivity contribution in [3.63, 3.8) is 0 Å². The fourth-order valence-electron chi connectivity index (χ4n) is 1.98. The Kier molecular flexibility index (Phi) is 5.06. The molecule has 0 bridgehead atoms. The van der Waals surface area contributed by atoms with Crippen molar-refractivity contribution in [1.29, 1.82) is 0 Å². The van der Waals surface area contributed by atoms with Crippen molar-refractivity contribution < 1.29 is 9.53 Å². The zero-order valence-electron chi connectivity index (χ0n) is 11.9. The van der Waals surface area contributed by atoms with Crippen molar-refractivity contribution in [1.82, 2.24) is 5.32 Å². The Balaban J connectivity index is 2.09. The molecular formula is C16H17ClN2O2. The van der Waals surface area contributed by atoms with Crippen LogP contribution < -0.4 is 15.4 Å². The molecular weight excluding hydrogens is 288 g/mol. The molecule has 1 amide bonds.